The minimum atomic E-state index is -0.759. The van der Waals surface area contributed by atoms with Crippen LogP contribution in [-0.2, 0) is 16.0 Å². The van der Waals surface area contributed by atoms with E-state index in [0.717, 1.165) is 43.4 Å². The van der Waals surface area contributed by atoms with Gasteiger partial charge in [0.15, 0.2) is 0 Å². The molecule has 0 unspecified atom stereocenters. The quantitative estimate of drug-likeness (QED) is 0.852. The molecule has 0 aliphatic heterocycles. The van der Waals surface area contributed by atoms with Gasteiger partial charge in [0.2, 0.25) is 11.8 Å². The van der Waals surface area contributed by atoms with Crippen LogP contribution >= 0.6 is 0 Å². The fourth-order valence-corrected chi connectivity index (χ4v) is 3.46. The van der Waals surface area contributed by atoms with Crippen molar-refractivity contribution < 1.29 is 9.59 Å². The number of rotatable bonds is 5. The highest BCUT2D eigenvalue weighted by atomic mass is 16.2. The number of hydrogen-bond donors (Lipinski definition) is 2. The Bertz CT molecular complexity index is 781. The van der Waals surface area contributed by atoms with E-state index in [-0.39, 0.29) is 11.8 Å². The average Bonchev–Trinajstić information content (AvgIpc) is 2.70. The van der Waals surface area contributed by atoms with E-state index < -0.39 is 5.54 Å². The SMILES string of the molecule is CN(C(=O)Cc1ccc(NC(=O)C2(N)CCCCC2)cc1)c1ccccc1. The Kier molecular flexibility index (Phi) is 5.91. The predicted molar refractivity (Wildman–Crippen MR) is 109 cm³/mol. The zero-order valence-corrected chi connectivity index (χ0v) is 15.8. The second-order valence-corrected chi connectivity index (χ2v) is 7.33. The minimum absolute atomic E-state index is 0.0149. The van der Waals surface area contributed by atoms with Crippen LogP contribution in [0.15, 0.2) is 54.6 Å². The van der Waals surface area contributed by atoms with Gasteiger partial charge in [-0.15, -0.1) is 0 Å². The van der Waals surface area contributed by atoms with Crippen molar-refractivity contribution in [2.24, 2.45) is 5.73 Å². The number of likely N-dealkylation sites (N-methyl/N-ethyl adjacent to an activating group) is 1. The lowest BCUT2D eigenvalue weighted by molar-refractivity contribution is -0.122. The van der Waals surface area contributed by atoms with Crippen LogP contribution in [0.3, 0.4) is 0 Å². The molecule has 1 aliphatic rings. The molecule has 1 aliphatic carbocycles. The third-order valence-corrected chi connectivity index (χ3v) is 5.28. The second kappa shape index (κ2) is 8.35. The van der Waals surface area contributed by atoms with Crippen LogP contribution in [0.4, 0.5) is 11.4 Å². The Morgan fingerprint density at radius 1 is 1.00 bits per heavy atom. The average molecular weight is 365 g/mol. The number of para-hydroxylation sites is 1. The van der Waals surface area contributed by atoms with Gasteiger partial charge >= 0.3 is 0 Å². The first-order valence-corrected chi connectivity index (χ1v) is 9.49. The number of benzene rings is 2. The Labute approximate surface area is 160 Å². The number of nitrogens with one attached hydrogen (secondary N) is 1. The van der Waals surface area contributed by atoms with Crippen molar-refractivity contribution in [3.05, 3.63) is 60.2 Å². The summed E-state index contributed by atoms with van der Waals surface area (Å²) in [6.07, 6.45) is 4.92. The first-order chi connectivity index (χ1) is 13.0. The standard InChI is InChI=1S/C22H27N3O2/c1-25(19-8-4-2-5-9-19)20(26)16-17-10-12-18(13-11-17)24-21(27)22(23)14-6-3-7-15-22/h2,4-5,8-13H,3,6-7,14-16,23H2,1H3,(H,24,27). The molecule has 3 N–H and O–H groups in total. The van der Waals surface area contributed by atoms with E-state index in [1.54, 1.807) is 11.9 Å². The fourth-order valence-electron chi connectivity index (χ4n) is 3.46. The van der Waals surface area contributed by atoms with E-state index in [1.807, 2.05) is 54.6 Å². The number of carbonyl (C=O) groups is 2. The van der Waals surface area contributed by atoms with Crippen LogP contribution < -0.4 is 16.0 Å². The molecule has 1 fully saturated rings. The van der Waals surface area contributed by atoms with E-state index in [1.165, 1.54) is 0 Å². The third kappa shape index (κ3) is 4.74. The maximum atomic E-state index is 12.5. The summed E-state index contributed by atoms with van der Waals surface area (Å²) in [6, 6.07) is 17.0. The molecule has 0 atom stereocenters. The van der Waals surface area contributed by atoms with Gasteiger partial charge in [-0.05, 0) is 42.7 Å². The lowest BCUT2D eigenvalue weighted by atomic mass is 9.82. The number of hydrogen-bond acceptors (Lipinski definition) is 3. The topological polar surface area (TPSA) is 75.4 Å². The van der Waals surface area contributed by atoms with Crippen molar-refractivity contribution in [2.45, 2.75) is 44.1 Å². The van der Waals surface area contributed by atoms with Gasteiger partial charge in [0.25, 0.3) is 0 Å². The number of nitrogens with two attached hydrogens (primary N) is 1. The van der Waals surface area contributed by atoms with E-state index in [4.69, 9.17) is 5.73 Å². The molecular formula is C22H27N3O2. The van der Waals surface area contributed by atoms with E-state index in [9.17, 15) is 9.59 Å². The molecule has 1 saturated carbocycles. The number of nitrogens with zero attached hydrogens (tertiary/aromatic N) is 1. The summed E-state index contributed by atoms with van der Waals surface area (Å²) in [7, 11) is 1.77. The summed E-state index contributed by atoms with van der Waals surface area (Å²) in [6.45, 7) is 0. The monoisotopic (exact) mass is 365 g/mol. The number of amides is 2. The molecule has 0 radical (unpaired) electrons. The molecule has 0 saturated heterocycles. The van der Waals surface area contributed by atoms with Crippen molar-refractivity contribution in [1.82, 2.24) is 0 Å². The highest BCUT2D eigenvalue weighted by Gasteiger charge is 2.35. The highest BCUT2D eigenvalue weighted by molar-refractivity contribution is 5.98. The van der Waals surface area contributed by atoms with Crippen LogP contribution in [0.2, 0.25) is 0 Å². The molecule has 2 aromatic rings. The first-order valence-electron chi connectivity index (χ1n) is 9.49. The molecule has 0 aromatic heterocycles. The Morgan fingerprint density at radius 2 is 1.63 bits per heavy atom. The molecule has 2 aromatic carbocycles. The maximum absolute atomic E-state index is 12.5. The van der Waals surface area contributed by atoms with Crippen molar-refractivity contribution >= 4 is 23.2 Å². The summed E-state index contributed by atoms with van der Waals surface area (Å²) in [5.74, 6) is -0.101. The lowest BCUT2D eigenvalue weighted by Crippen LogP contribution is -2.52. The van der Waals surface area contributed by atoms with Gasteiger partial charge in [-0.3, -0.25) is 9.59 Å². The van der Waals surface area contributed by atoms with E-state index in [0.29, 0.717) is 12.1 Å². The molecule has 27 heavy (non-hydrogen) atoms. The largest absolute Gasteiger partial charge is 0.324 e. The van der Waals surface area contributed by atoms with Gasteiger partial charge in [-0.1, -0.05) is 49.6 Å². The fraction of sp³-hybridized carbons (Fsp3) is 0.364. The molecule has 0 spiro atoms. The Balaban J connectivity index is 1.58. The zero-order valence-electron chi connectivity index (χ0n) is 15.8. The van der Waals surface area contributed by atoms with Gasteiger partial charge in [-0.2, -0.15) is 0 Å². The van der Waals surface area contributed by atoms with Gasteiger partial charge in [0.1, 0.15) is 0 Å². The van der Waals surface area contributed by atoms with Gasteiger partial charge in [-0.25, -0.2) is 0 Å². The van der Waals surface area contributed by atoms with Crippen molar-refractivity contribution in [3.8, 4) is 0 Å². The summed E-state index contributed by atoms with van der Waals surface area (Å²) < 4.78 is 0. The van der Waals surface area contributed by atoms with Crippen LogP contribution in [-0.4, -0.2) is 24.4 Å². The maximum Gasteiger partial charge on any atom is 0.244 e. The lowest BCUT2D eigenvalue weighted by Gasteiger charge is -2.31. The third-order valence-electron chi connectivity index (χ3n) is 5.28. The zero-order chi connectivity index (χ0) is 19.3. The summed E-state index contributed by atoms with van der Waals surface area (Å²) in [5, 5.41) is 2.92. The number of carbonyl (C=O) groups excluding carboxylic acids is 2. The first kappa shape index (κ1) is 19.1. The van der Waals surface area contributed by atoms with Gasteiger partial charge in [0, 0.05) is 18.4 Å². The molecule has 2 amide bonds. The highest BCUT2D eigenvalue weighted by Crippen LogP contribution is 2.27. The summed E-state index contributed by atoms with van der Waals surface area (Å²) in [5.41, 5.74) is 8.00. The molecular weight excluding hydrogens is 338 g/mol. The minimum Gasteiger partial charge on any atom is -0.324 e. The number of anilines is 2. The Morgan fingerprint density at radius 3 is 2.26 bits per heavy atom. The summed E-state index contributed by atoms with van der Waals surface area (Å²) >= 11 is 0. The van der Waals surface area contributed by atoms with E-state index in [2.05, 4.69) is 5.32 Å². The predicted octanol–water partition coefficient (Wildman–Crippen LogP) is 3.49. The van der Waals surface area contributed by atoms with Gasteiger partial charge in [0.05, 0.1) is 12.0 Å². The smallest absolute Gasteiger partial charge is 0.244 e. The van der Waals surface area contributed by atoms with Crippen molar-refractivity contribution in [1.29, 1.82) is 0 Å². The molecule has 0 bridgehead atoms. The van der Waals surface area contributed by atoms with Crippen LogP contribution in [0.5, 0.6) is 0 Å². The molecule has 5 heteroatoms. The molecule has 5 nitrogen and oxygen atoms in total. The molecule has 142 valence electrons. The normalized spacial score (nSPS) is 15.8. The van der Waals surface area contributed by atoms with Crippen molar-refractivity contribution in [3.63, 3.8) is 0 Å². The molecule has 0 heterocycles. The second-order valence-electron chi connectivity index (χ2n) is 7.33. The van der Waals surface area contributed by atoms with Crippen LogP contribution in [0, 0.1) is 0 Å². The van der Waals surface area contributed by atoms with Crippen LogP contribution in [0.1, 0.15) is 37.7 Å². The molecule has 3 rings (SSSR count). The van der Waals surface area contributed by atoms with Crippen molar-refractivity contribution in [2.75, 3.05) is 17.3 Å². The van der Waals surface area contributed by atoms with Gasteiger partial charge < -0.3 is 16.0 Å². The van der Waals surface area contributed by atoms with E-state index >= 15 is 0 Å². The Hall–Kier alpha value is -2.66. The summed E-state index contributed by atoms with van der Waals surface area (Å²) in [4.78, 5) is 26.6. The van der Waals surface area contributed by atoms with Crippen LogP contribution in [0.25, 0.3) is 0 Å².